The van der Waals surface area contributed by atoms with Gasteiger partial charge in [0.25, 0.3) is 0 Å². The van der Waals surface area contributed by atoms with Crippen LogP contribution < -0.4 is 5.32 Å². The van der Waals surface area contributed by atoms with E-state index in [9.17, 15) is 4.79 Å². The van der Waals surface area contributed by atoms with Crippen LogP contribution in [0.15, 0.2) is 0 Å². The first-order valence-electron chi connectivity index (χ1n) is 7.26. The van der Waals surface area contributed by atoms with E-state index in [1.807, 2.05) is 0 Å². The lowest BCUT2D eigenvalue weighted by molar-refractivity contribution is -0.135. The van der Waals surface area contributed by atoms with Crippen LogP contribution in [0.2, 0.25) is 0 Å². The summed E-state index contributed by atoms with van der Waals surface area (Å²) in [5.41, 5.74) is 0.535. The predicted octanol–water partition coefficient (Wildman–Crippen LogP) is 1.78. The monoisotopic (exact) mass is 236 g/mol. The zero-order chi connectivity index (χ0) is 11.7. The molecule has 0 aromatic carbocycles. The Kier molecular flexibility index (Phi) is 3.12. The van der Waals surface area contributed by atoms with Crippen molar-refractivity contribution >= 4 is 5.91 Å². The Bertz CT molecular complexity index is 283. The van der Waals surface area contributed by atoms with Gasteiger partial charge in [-0.1, -0.05) is 6.42 Å². The van der Waals surface area contributed by atoms with E-state index in [4.69, 9.17) is 0 Å². The first-order chi connectivity index (χ1) is 8.27. The van der Waals surface area contributed by atoms with Crippen LogP contribution in [0.3, 0.4) is 0 Å². The molecule has 3 fully saturated rings. The summed E-state index contributed by atoms with van der Waals surface area (Å²) in [5.74, 6) is 1.14. The van der Waals surface area contributed by atoms with Gasteiger partial charge in [0.15, 0.2) is 0 Å². The van der Waals surface area contributed by atoms with Gasteiger partial charge < -0.3 is 10.2 Å². The summed E-state index contributed by atoms with van der Waals surface area (Å²) in [6, 6.07) is 0. The highest BCUT2D eigenvalue weighted by Crippen LogP contribution is 2.37. The molecule has 3 nitrogen and oxygen atoms in total. The minimum Gasteiger partial charge on any atom is -0.343 e. The molecule has 0 bridgehead atoms. The molecule has 0 radical (unpaired) electrons. The van der Waals surface area contributed by atoms with Crippen molar-refractivity contribution in [3.63, 3.8) is 0 Å². The van der Waals surface area contributed by atoms with Crippen LogP contribution in [-0.2, 0) is 4.79 Å². The summed E-state index contributed by atoms with van der Waals surface area (Å²) in [4.78, 5) is 14.2. The molecule has 0 aromatic rings. The van der Waals surface area contributed by atoms with Crippen LogP contribution in [0.4, 0.5) is 0 Å². The van der Waals surface area contributed by atoms with Gasteiger partial charge in [-0.3, -0.25) is 4.79 Å². The van der Waals surface area contributed by atoms with Crippen LogP contribution >= 0.6 is 0 Å². The Labute approximate surface area is 104 Å². The van der Waals surface area contributed by atoms with Crippen molar-refractivity contribution in [3.8, 4) is 0 Å². The molecular weight excluding hydrogens is 212 g/mol. The summed E-state index contributed by atoms with van der Waals surface area (Å²) in [6.07, 6.45) is 8.49. The fourth-order valence-corrected chi connectivity index (χ4v) is 3.53. The second-order valence-electron chi connectivity index (χ2n) is 6.31. The lowest BCUT2D eigenvalue weighted by Gasteiger charge is -2.39. The van der Waals surface area contributed by atoms with E-state index >= 15 is 0 Å². The van der Waals surface area contributed by atoms with E-state index in [2.05, 4.69) is 10.2 Å². The summed E-state index contributed by atoms with van der Waals surface area (Å²) in [6.45, 7) is 4.37. The maximum absolute atomic E-state index is 12.1. The molecule has 0 atom stereocenters. The second kappa shape index (κ2) is 4.60. The molecule has 3 heteroatoms. The molecule has 2 heterocycles. The largest absolute Gasteiger partial charge is 0.343 e. The number of piperidine rings is 1. The average Bonchev–Trinajstić information content (AvgIpc) is 2.73. The molecule has 0 aromatic heterocycles. The molecule has 17 heavy (non-hydrogen) atoms. The van der Waals surface area contributed by atoms with Crippen molar-refractivity contribution in [2.24, 2.45) is 11.3 Å². The second-order valence-corrected chi connectivity index (χ2v) is 6.31. The van der Waals surface area contributed by atoms with Gasteiger partial charge in [-0.2, -0.15) is 0 Å². The molecule has 3 aliphatic rings. The van der Waals surface area contributed by atoms with Gasteiger partial charge >= 0.3 is 0 Å². The number of hydrogen-bond acceptors (Lipinski definition) is 2. The van der Waals surface area contributed by atoms with Crippen molar-refractivity contribution in [2.75, 3.05) is 26.2 Å². The highest BCUT2D eigenvalue weighted by molar-refractivity contribution is 5.76. The number of nitrogens with zero attached hydrogens (tertiary/aromatic N) is 1. The van der Waals surface area contributed by atoms with Gasteiger partial charge in [0.1, 0.15) is 0 Å². The number of nitrogens with one attached hydrogen (secondary N) is 1. The van der Waals surface area contributed by atoms with Crippen LogP contribution in [0.1, 0.15) is 44.9 Å². The molecule has 1 amide bonds. The third-order valence-corrected chi connectivity index (χ3v) is 5.20. The molecule has 96 valence electrons. The number of likely N-dealkylation sites (tertiary alicyclic amines) is 1. The summed E-state index contributed by atoms with van der Waals surface area (Å²) in [7, 11) is 0. The first-order valence-corrected chi connectivity index (χ1v) is 7.26. The summed E-state index contributed by atoms with van der Waals surface area (Å²) >= 11 is 0. The molecule has 1 saturated carbocycles. The van der Waals surface area contributed by atoms with E-state index in [-0.39, 0.29) is 0 Å². The van der Waals surface area contributed by atoms with Crippen LogP contribution in [0, 0.1) is 11.3 Å². The highest BCUT2D eigenvalue weighted by Gasteiger charge is 2.38. The van der Waals surface area contributed by atoms with E-state index in [1.54, 1.807) is 0 Å². The van der Waals surface area contributed by atoms with Gasteiger partial charge in [0.05, 0.1) is 0 Å². The fraction of sp³-hybridized carbons (Fsp3) is 0.929. The minimum atomic E-state index is 0.426. The number of hydrogen-bond donors (Lipinski definition) is 1. The average molecular weight is 236 g/mol. The Morgan fingerprint density at radius 3 is 2.53 bits per heavy atom. The third kappa shape index (κ3) is 2.35. The number of carbonyl (C=O) groups is 1. The van der Waals surface area contributed by atoms with Crippen molar-refractivity contribution in [1.29, 1.82) is 0 Å². The lowest BCUT2D eigenvalue weighted by atomic mass is 9.77. The van der Waals surface area contributed by atoms with Crippen molar-refractivity contribution in [1.82, 2.24) is 10.2 Å². The van der Waals surface area contributed by atoms with Gasteiger partial charge in [-0.25, -0.2) is 0 Å². The van der Waals surface area contributed by atoms with Gasteiger partial charge in [0, 0.05) is 26.1 Å². The maximum Gasteiger partial charge on any atom is 0.222 e. The van der Waals surface area contributed by atoms with Crippen LogP contribution in [-0.4, -0.2) is 37.0 Å². The smallest absolute Gasteiger partial charge is 0.222 e. The van der Waals surface area contributed by atoms with Gasteiger partial charge in [-0.05, 0) is 50.0 Å². The quantitative estimate of drug-likeness (QED) is 0.792. The van der Waals surface area contributed by atoms with E-state index in [0.29, 0.717) is 17.2 Å². The van der Waals surface area contributed by atoms with Crippen molar-refractivity contribution in [3.05, 3.63) is 0 Å². The molecule has 1 N–H and O–H groups in total. The van der Waals surface area contributed by atoms with Gasteiger partial charge in [-0.15, -0.1) is 0 Å². The first kappa shape index (κ1) is 11.5. The lowest BCUT2D eigenvalue weighted by Crippen LogP contribution is -2.44. The number of rotatable bonds is 2. The van der Waals surface area contributed by atoms with Crippen molar-refractivity contribution in [2.45, 2.75) is 44.9 Å². The molecule has 2 aliphatic heterocycles. The SMILES string of the molecule is O=C(CC1CCC1)N1CCC2(CCNC2)CC1. The molecule has 1 spiro atoms. The van der Waals surface area contributed by atoms with E-state index < -0.39 is 0 Å². The fourth-order valence-electron chi connectivity index (χ4n) is 3.53. The van der Waals surface area contributed by atoms with E-state index in [0.717, 1.165) is 19.5 Å². The number of carbonyl (C=O) groups excluding carboxylic acids is 1. The molecular formula is C14H24N2O. The summed E-state index contributed by atoms with van der Waals surface area (Å²) in [5, 5.41) is 3.47. The Balaban J connectivity index is 1.48. The Hall–Kier alpha value is -0.570. The van der Waals surface area contributed by atoms with Crippen LogP contribution in [0.25, 0.3) is 0 Å². The minimum absolute atomic E-state index is 0.426. The van der Waals surface area contributed by atoms with Crippen LogP contribution in [0.5, 0.6) is 0 Å². The molecule has 0 unspecified atom stereocenters. The standard InChI is InChI=1S/C14H24N2O/c17-13(10-12-2-1-3-12)16-8-5-14(6-9-16)4-7-15-11-14/h12,15H,1-11H2. The maximum atomic E-state index is 12.1. The summed E-state index contributed by atoms with van der Waals surface area (Å²) < 4.78 is 0. The molecule has 3 rings (SSSR count). The van der Waals surface area contributed by atoms with E-state index in [1.165, 1.54) is 51.6 Å². The zero-order valence-corrected chi connectivity index (χ0v) is 10.7. The normalized spacial score (nSPS) is 28.4. The zero-order valence-electron chi connectivity index (χ0n) is 10.7. The van der Waals surface area contributed by atoms with Gasteiger partial charge in [0.2, 0.25) is 5.91 Å². The third-order valence-electron chi connectivity index (χ3n) is 5.20. The topological polar surface area (TPSA) is 32.3 Å². The number of amides is 1. The molecule has 1 aliphatic carbocycles. The Morgan fingerprint density at radius 1 is 1.24 bits per heavy atom. The highest BCUT2D eigenvalue weighted by atomic mass is 16.2. The predicted molar refractivity (Wildman–Crippen MR) is 67.7 cm³/mol. The molecule has 2 saturated heterocycles. The van der Waals surface area contributed by atoms with Crippen molar-refractivity contribution < 1.29 is 4.79 Å². The Morgan fingerprint density at radius 2 is 2.00 bits per heavy atom.